The average Bonchev–Trinajstić information content (AvgIpc) is 3.08. The van der Waals surface area contributed by atoms with Crippen LogP contribution in [-0.4, -0.2) is 56.9 Å². The maximum Gasteiger partial charge on any atom is 0.276 e. The number of benzene rings is 1. The maximum absolute atomic E-state index is 12.8. The van der Waals surface area contributed by atoms with Gasteiger partial charge in [-0.1, -0.05) is 30.7 Å². The Kier molecular flexibility index (Phi) is 4.80. The van der Waals surface area contributed by atoms with Crippen LogP contribution >= 0.6 is 11.6 Å². The zero-order valence-corrected chi connectivity index (χ0v) is 16.0. The Morgan fingerprint density at radius 1 is 1.26 bits per heavy atom. The van der Waals surface area contributed by atoms with Gasteiger partial charge in [-0.3, -0.25) is 4.79 Å². The molecule has 1 aliphatic rings. The molecule has 0 aliphatic carbocycles. The molecule has 0 bridgehead atoms. The number of carbonyl (C=O) groups is 1. The Bertz CT molecular complexity index is 1010. The SMILES string of the molecule is CCc1nn2c(C)c(C(=O)N3CCOCC3)nnc2c1-c1cccc(Cl)c1. The van der Waals surface area contributed by atoms with E-state index in [9.17, 15) is 4.79 Å². The van der Waals surface area contributed by atoms with Crippen LogP contribution in [0.25, 0.3) is 16.8 Å². The summed E-state index contributed by atoms with van der Waals surface area (Å²) in [7, 11) is 0. The zero-order valence-electron chi connectivity index (χ0n) is 15.3. The lowest BCUT2D eigenvalue weighted by atomic mass is 10.0. The predicted molar refractivity (Wildman–Crippen MR) is 102 cm³/mol. The zero-order chi connectivity index (χ0) is 19.0. The van der Waals surface area contributed by atoms with Crippen LogP contribution in [0.2, 0.25) is 5.02 Å². The molecule has 3 aromatic rings. The highest BCUT2D eigenvalue weighted by Gasteiger charge is 2.25. The summed E-state index contributed by atoms with van der Waals surface area (Å²) in [6.07, 6.45) is 0.734. The van der Waals surface area contributed by atoms with E-state index in [2.05, 4.69) is 10.2 Å². The number of hydrogen-bond donors (Lipinski definition) is 0. The summed E-state index contributed by atoms with van der Waals surface area (Å²) in [6.45, 7) is 6.10. The highest BCUT2D eigenvalue weighted by molar-refractivity contribution is 6.30. The highest BCUT2D eigenvalue weighted by Crippen LogP contribution is 2.30. The summed E-state index contributed by atoms with van der Waals surface area (Å²) < 4.78 is 7.04. The van der Waals surface area contributed by atoms with E-state index in [1.54, 1.807) is 9.42 Å². The van der Waals surface area contributed by atoms with Gasteiger partial charge in [0.25, 0.3) is 5.91 Å². The van der Waals surface area contributed by atoms with Crippen molar-refractivity contribution in [3.63, 3.8) is 0 Å². The fraction of sp³-hybridized carbons (Fsp3) is 0.368. The molecule has 0 atom stereocenters. The van der Waals surface area contributed by atoms with Gasteiger partial charge in [-0.25, -0.2) is 4.52 Å². The quantitative estimate of drug-likeness (QED) is 0.693. The van der Waals surface area contributed by atoms with Crippen LogP contribution in [0.3, 0.4) is 0 Å². The molecule has 140 valence electrons. The normalized spacial score (nSPS) is 14.7. The summed E-state index contributed by atoms with van der Waals surface area (Å²) in [5.74, 6) is -0.136. The molecule has 0 radical (unpaired) electrons. The molecular weight excluding hydrogens is 366 g/mol. The van der Waals surface area contributed by atoms with Crippen LogP contribution in [0.15, 0.2) is 24.3 Å². The minimum Gasteiger partial charge on any atom is -0.378 e. The fourth-order valence-electron chi connectivity index (χ4n) is 3.35. The van der Waals surface area contributed by atoms with E-state index in [1.807, 2.05) is 38.1 Å². The van der Waals surface area contributed by atoms with E-state index in [0.717, 1.165) is 23.2 Å². The first kappa shape index (κ1) is 17.9. The fourth-order valence-corrected chi connectivity index (χ4v) is 3.54. The number of halogens is 1. The number of nitrogens with zero attached hydrogens (tertiary/aromatic N) is 5. The molecule has 1 aliphatic heterocycles. The van der Waals surface area contributed by atoms with Crippen molar-refractivity contribution < 1.29 is 9.53 Å². The lowest BCUT2D eigenvalue weighted by molar-refractivity contribution is 0.0297. The topological polar surface area (TPSA) is 72.6 Å². The van der Waals surface area contributed by atoms with Gasteiger partial charge in [0, 0.05) is 18.1 Å². The molecule has 8 heteroatoms. The summed E-state index contributed by atoms with van der Waals surface area (Å²) in [5, 5.41) is 14.0. The summed E-state index contributed by atoms with van der Waals surface area (Å²) in [6, 6.07) is 7.60. The number of morpholine rings is 1. The van der Waals surface area contributed by atoms with Crippen molar-refractivity contribution in [1.29, 1.82) is 0 Å². The number of carbonyl (C=O) groups excluding carboxylic acids is 1. The first-order valence-corrected chi connectivity index (χ1v) is 9.35. The summed E-state index contributed by atoms with van der Waals surface area (Å²) in [4.78, 5) is 14.6. The predicted octanol–water partition coefficient (Wildman–Crippen LogP) is 2.79. The van der Waals surface area contributed by atoms with Crippen LogP contribution in [0.5, 0.6) is 0 Å². The molecule has 1 fully saturated rings. The van der Waals surface area contributed by atoms with Crippen LogP contribution in [0, 0.1) is 6.92 Å². The van der Waals surface area contributed by atoms with Gasteiger partial charge in [-0.15, -0.1) is 10.2 Å². The Morgan fingerprint density at radius 3 is 2.74 bits per heavy atom. The van der Waals surface area contributed by atoms with Gasteiger partial charge in [-0.05, 0) is 31.0 Å². The molecule has 1 saturated heterocycles. The van der Waals surface area contributed by atoms with Gasteiger partial charge < -0.3 is 9.64 Å². The van der Waals surface area contributed by atoms with E-state index < -0.39 is 0 Å². The molecule has 0 spiro atoms. The van der Waals surface area contributed by atoms with Crippen molar-refractivity contribution in [2.45, 2.75) is 20.3 Å². The van der Waals surface area contributed by atoms with Crippen molar-refractivity contribution in [2.24, 2.45) is 0 Å². The van der Waals surface area contributed by atoms with Gasteiger partial charge in [-0.2, -0.15) is 5.10 Å². The number of aryl methyl sites for hydroxylation is 2. The molecule has 0 N–H and O–H groups in total. The van der Waals surface area contributed by atoms with Crippen LogP contribution in [0.1, 0.15) is 28.8 Å². The minimum absolute atomic E-state index is 0.136. The van der Waals surface area contributed by atoms with Crippen LogP contribution in [0.4, 0.5) is 0 Å². The van der Waals surface area contributed by atoms with Crippen LogP contribution in [-0.2, 0) is 11.2 Å². The average molecular weight is 386 g/mol. The molecule has 27 heavy (non-hydrogen) atoms. The lowest BCUT2D eigenvalue weighted by Crippen LogP contribution is -2.41. The molecule has 3 heterocycles. The number of hydrogen-bond acceptors (Lipinski definition) is 5. The van der Waals surface area contributed by atoms with E-state index in [-0.39, 0.29) is 5.91 Å². The number of aromatic nitrogens is 4. The smallest absolute Gasteiger partial charge is 0.276 e. The van der Waals surface area contributed by atoms with E-state index in [0.29, 0.717) is 48.4 Å². The van der Waals surface area contributed by atoms with E-state index in [4.69, 9.17) is 21.4 Å². The second-order valence-corrected chi connectivity index (χ2v) is 6.90. The molecule has 0 saturated carbocycles. The maximum atomic E-state index is 12.8. The molecular formula is C19H20ClN5O2. The Morgan fingerprint density at radius 2 is 2.04 bits per heavy atom. The Balaban J connectivity index is 1.83. The lowest BCUT2D eigenvalue weighted by Gasteiger charge is -2.26. The number of ether oxygens (including phenoxy) is 1. The molecule has 0 unspecified atom stereocenters. The van der Waals surface area contributed by atoms with Crippen molar-refractivity contribution in [2.75, 3.05) is 26.3 Å². The Hall–Kier alpha value is -2.51. The molecule has 1 aromatic carbocycles. The standard InChI is InChI=1S/C19H20ClN5O2/c1-3-15-16(13-5-4-6-14(20)11-13)18-22-21-17(12(2)25(18)23-15)19(26)24-7-9-27-10-8-24/h4-6,11H,3,7-10H2,1-2H3. The first-order chi connectivity index (χ1) is 13.1. The van der Waals surface area contributed by atoms with Crippen molar-refractivity contribution in [3.8, 4) is 11.1 Å². The van der Waals surface area contributed by atoms with Gasteiger partial charge in [0.15, 0.2) is 11.3 Å². The van der Waals surface area contributed by atoms with Crippen molar-refractivity contribution in [1.82, 2.24) is 24.7 Å². The third-order valence-corrected chi connectivity index (χ3v) is 5.02. The second kappa shape index (κ2) is 7.25. The molecule has 4 rings (SSSR count). The number of rotatable bonds is 3. The number of fused-ring (bicyclic) bond motifs is 1. The third-order valence-electron chi connectivity index (χ3n) is 4.79. The molecule has 2 aromatic heterocycles. The minimum atomic E-state index is -0.136. The van der Waals surface area contributed by atoms with Gasteiger partial charge >= 0.3 is 0 Å². The van der Waals surface area contributed by atoms with Gasteiger partial charge in [0.1, 0.15) is 0 Å². The third kappa shape index (κ3) is 3.17. The van der Waals surface area contributed by atoms with Gasteiger partial charge in [0.05, 0.1) is 30.2 Å². The Labute approximate surface area is 161 Å². The summed E-state index contributed by atoms with van der Waals surface area (Å²) >= 11 is 6.17. The van der Waals surface area contributed by atoms with Crippen molar-refractivity contribution in [3.05, 3.63) is 46.4 Å². The summed E-state index contributed by atoms with van der Waals surface area (Å²) in [5.41, 5.74) is 4.37. The van der Waals surface area contributed by atoms with Gasteiger partial charge in [0.2, 0.25) is 0 Å². The molecule has 1 amide bonds. The highest BCUT2D eigenvalue weighted by atomic mass is 35.5. The van der Waals surface area contributed by atoms with Crippen LogP contribution < -0.4 is 0 Å². The van der Waals surface area contributed by atoms with E-state index in [1.165, 1.54) is 0 Å². The number of amides is 1. The largest absolute Gasteiger partial charge is 0.378 e. The first-order valence-electron chi connectivity index (χ1n) is 8.98. The van der Waals surface area contributed by atoms with E-state index >= 15 is 0 Å². The van der Waals surface area contributed by atoms with Crippen molar-refractivity contribution >= 4 is 23.2 Å². The monoisotopic (exact) mass is 385 g/mol. The molecule has 7 nitrogen and oxygen atoms in total. The second-order valence-electron chi connectivity index (χ2n) is 6.46.